The topological polar surface area (TPSA) is 56.0 Å². The van der Waals surface area contributed by atoms with Crippen LogP contribution >= 0.6 is 12.4 Å². The standard InChI is InChI=1S/C12H8N2O.ClH/c13-12(15)9-6-10-11-7(4-5-14-10)2-1-3-8(9)11;/h1-6H,(H2,13,15);1H. The van der Waals surface area contributed by atoms with Crippen molar-refractivity contribution in [3.05, 3.63) is 41.7 Å². The zero-order valence-electron chi connectivity index (χ0n) is 8.31. The number of amides is 1. The number of carbonyl (C=O) groups excluding carboxylic acids is 1. The molecule has 2 aromatic rings. The largest absolute Gasteiger partial charge is 0.366 e. The molecule has 1 aromatic carbocycles. The lowest BCUT2D eigenvalue weighted by atomic mass is 10.0. The van der Waals surface area contributed by atoms with Crippen LogP contribution in [0.1, 0.15) is 11.3 Å². The number of carbonyl (C=O) groups is 1. The average molecular weight is 233 g/mol. The van der Waals surface area contributed by atoms with Gasteiger partial charge in [-0.1, -0.05) is 18.2 Å². The van der Waals surface area contributed by atoms with Crippen LogP contribution in [-0.2, 0) is 4.79 Å². The molecular weight excluding hydrogens is 224 g/mol. The van der Waals surface area contributed by atoms with Crippen molar-refractivity contribution in [3.63, 3.8) is 0 Å². The fourth-order valence-corrected chi connectivity index (χ4v) is 2.01. The molecule has 3 nitrogen and oxygen atoms in total. The van der Waals surface area contributed by atoms with Gasteiger partial charge < -0.3 is 5.73 Å². The number of halogens is 1. The second kappa shape index (κ2) is 3.61. The number of aromatic nitrogens is 1. The normalized spacial score (nSPS) is 12.1. The van der Waals surface area contributed by atoms with Crippen LogP contribution in [-0.4, -0.2) is 10.9 Å². The van der Waals surface area contributed by atoms with E-state index in [4.69, 9.17) is 5.73 Å². The zero-order valence-corrected chi connectivity index (χ0v) is 9.12. The minimum atomic E-state index is -0.402. The summed E-state index contributed by atoms with van der Waals surface area (Å²) in [5.74, 6) is -0.402. The SMILES string of the molecule is Cl.NC(=O)C1=Cc2nccc3cccc1c23. The van der Waals surface area contributed by atoms with Crippen LogP contribution in [0.5, 0.6) is 0 Å². The van der Waals surface area contributed by atoms with Crippen LogP contribution in [0.4, 0.5) is 0 Å². The van der Waals surface area contributed by atoms with E-state index in [1.165, 1.54) is 0 Å². The van der Waals surface area contributed by atoms with Gasteiger partial charge in [0.2, 0.25) is 5.91 Å². The second-order valence-electron chi connectivity index (χ2n) is 3.52. The second-order valence-corrected chi connectivity index (χ2v) is 3.52. The van der Waals surface area contributed by atoms with Crippen LogP contribution in [0.25, 0.3) is 22.4 Å². The number of hydrogen-bond donors (Lipinski definition) is 1. The molecule has 0 bridgehead atoms. The van der Waals surface area contributed by atoms with Crippen molar-refractivity contribution in [1.29, 1.82) is 0 Å². The molecule has 0 fully saturated rings. The molecule has 0 radical (unpaired) electrons. The lowest BCUT2D eigenvalue weighted by Gasteiger charge is -2.01. The first kappa shape index (κ1) is 10.6. The highest BCUT2D eigenvalue weighted by Gasteiger charge is 2.20. The molecule has 0 aliphatic heterocycles. The van der Waals surface area contributed by atoms with Gasteiger partial charge in [-0.3, -0.25) is 9.78 Å². The van der Waals surface area contributed by atoms with E-state index in [1.807, 2.05) is 24.3 Å². The molecule has 3 rings (SSSR count). The molecule has 1 amide bonds. The lowest BCUT2D eigenvalue weighted by molar-refractivity contribution is -0.112. The summed E-state index contributed by atoms with van der Waals surface area (Å²) in [5.41, 5.74) is 7.59. The van der Waals surface area contributed by atoms with Gasteiger partial charge in [0.15, 0.2) is 0 Å². The van der Waals surface area contributed by atoms with Crippen LogP contribution in [0.3, 0.4) is 0 Å². The van der Waals surface area contributed by atoms with E-state index in [9.17, 15) is 4.79 Å². The Morgan fingerprint density at radius 3 is 2.81 bits per heavy atom. The third-order valence-corrected chi connectivity index (χ3v) is 2.66. The maximum atomic E-state index is 11.2. The zero-order chi connectivity index (χ0) is 10.4. The van der Waals surface area contributed by atoms with Crippen molar-refractivity contribution in [2.45, 2.75) is 0 Å². The number of nitrogens with two attached hydrogens (primary N) is 1. The predicted molar refractivity (Wildman–Crippen MR) is 66.1 cm³/mol. The molecular formula is C12H9ClN2O. The highest BCUT2D eigenvalue weighted by atomic mass is 35.5. The Morgan fingerprint density at radius 1 is 1.25 bits per heavy atom. The molecule has 0 atom stereocenters. The molecule has 0 saturated carbocycles. The maximum Gasteiger partial charge on any atom is 0.249 e. The highest BCUT2D eigenvalue weighted by molar-refractivity contribution is 6.30. The van der Waals surface area contributed by atoms with E-state index < -0.39 is 5.91 Å². The van der Waals surface area contributed by atoms with E-state index in [0.717, 1.165) is 22.0 Å². The smallest absolute Gasteiger partial charge is 0.249 e. The molecule has 80 valence electrons. The van der Waals surface area contributed by atoms with Gasteiger partial charge in [-0.05, 0) is 23.1 Å². The van der Waals surface area contributed by atoms with E-state index in [-0.39, 0.29) is 12.4 Å². The predicted octanol–water partition coefficient (Wildman–Crippen LogP) is 2.00. The fourth-order valence-electron chi connectivity index (χ4n) is 2.01. The highest BCUT2D eigenvalue weighted by Crippen LogP contribution is 2.34. The van der Waals surface area contributed by atoms with Crippen molar-refractivity contribution in [1.82, 2.24) is 4.98 Å². The Bertz CT molecular complexity index is 614. The molecule has 0 spiro atoms. The molecule has 1 aliphatic rings. The van der Waals surface area contributed by atoms with Crippen molar-refractivity contribution < 1.29 is 4.79 Å². The number of rotatable bonds is 1. The summed E-state index contributed by atoms with van der Waals surface area (Å²) in [6, 6.07) is 7.75. The molecule has 1 aromatic heterocycles. The van der Waals surface area contributed by atoms with Crippen LogP contribution in [0.2, 0.25) is 0 Å². The van der Waals surface area contributed by atoms with E-state index in [2.05, 4.69) is 4.98 Å². The Hall–Kier alpha value is -1.87. The summed E-state index contributed by atoms with van der Waals surface area (Å²) in [6.45, 7) is 0. The molecule has 0 unspecified atom stereocenters. The fraction of sp³-hybridized carbons (Fsp3) is 0. The molecule has 1 aliphatic carbocycles. The Labute approximate surface area is 98.4 Å². The number of nitrogens with zero attached hydrogens (tertiary/aromatic N) is 1. The van der Waals surface area contributed by atoms with Crippen molar-refractivity contribution in [2.75, 3.05) is 0 Å². The monoisotopic (exact) mass is 232 g/mol. The van der Waals surface area contributed by atoms with Crippen LogP contribution in [0, 0.1) is 0 Å². The van der Waals surface area contributed by atoms with E-state index >= 15 is 0 Å². The van der Waals surface area contributed by atoms with Gasteiger partial charge in [0.1, 0.15) is 0 Å². The third kappa shape index (κ3) is 1.29. The molecule has 4 heteroatoms. The number of benzene rings is 1. The maximum absolute atomic E-state index is 11.2. The summed E-state index contributed by atoms with van der Waals surface area (Å²) in [7, 11) is 0. The first-order chi connectivity index (χ1) is 7.27. The summed E-state index contributed by atoms with van der Waals surface area (Å²) < 4.78 is 0. The number of primary amides is 1. The molecule has 2 N–H and O–H groups in total. The van der Waals surface area contributed by atoms with Gasteiger partial charge in [-0.25, -0.2) is 0 Å². The van der Waals surface area contributed by atoms with E-state index in [1.54, 1.807) is 12.3 Å². The van der Waals surface area contributed by atoms with Gasteiger partial charge >= 0.3 is 0 Å². The van der Waals surface area contributed by atoms with Gasteiger partial charge in [0.25, 0.3) is 0 Å². The molecule has 0 saturated heterocycles. The quantitative estimate of drug-likeness (QED) is 0.818. The molecule has 16 heavy (non-hydrogen) atoms. The van der Waals surface area contributed by atoms with Crippen LogP contribution < -0.4 is 5.73 Å². The van der Waals surface area contributed by atoms with Crippen molar-refractivity contribution >= 4 is 40.7 Å². The summed E-state index contributed by atoms with van der Waals surface area (Å²) >= 11 is 0. The minimum absolute atomic E-state index is 0. The van der Waals surface area contributed by atoms with Gasteiger partial charge in [-0.2, -0.15) is 0 Å². The van der Waals surface area contributed by atoms with Gasteiger partial charge in [-0.15, -0.1) is 12.4 Å². The van der Waals surface area contributed by atoms with Crippen LogP contribution in [0.15, 0.2) is 30.5 Å². The van der Waals surface area contributed by atoms with Crippen molar-refractivity contribution in [2.24, 2.45) is 5.73 Å². The average Bonchev–Trinajstić information content (AvgIpc) is 2.61. The summed E-state index contributed by atoms with van der Waals surface area (Å²) in [5, 5.41) is 2.11. The van der Waals surface area contributed by atoms with E-state index in [0.29, 0.717) is 5.57 Å². The Balaban J connectivity index is 0.000000963. The minimum Gasteiger partial charge on any atom is -0.366 e. The lowest BCUT2D eigenvalue weighted by Crippen LogP contribution is -2.11. The Kier molecular flexibility index (Phi) is 2.40. The number of hydrogen-bond acceptors (Lipinski definition) is 2. The first-order valence-corrected chi connectivity index (χ1v) is 4.67. The summed E-state index contributed by atoms with van der Waals surface area (Å²) in [4.78, 5) is 15.5. The van der Waals surface area contributed by atoms with Gasteiger partial charge in [0.05, 0.1) is 5.69 Å². The molecule has 1 heterocycles. The first-order valence-electron chi connectivity index (χ1n) is 4.67. The Morgan fingerprint density at radius 2 is 2.06 bits per heavy atom. The van der Waals surface area contributed by atoms with Crippen molar-refractivity contribution in [3.8, 4) is 0 Å². The number of pyridine rings is 1. The summed E-state index contributed by atoms with van der Waals surface area (Å²) in [6.07, 6.45) is 3.49. The van der Waals surface area contributed by atoms with Gasteiger partial charge in [0, 0.05) is 17.2 Å². The third-order valence-electron chi connectivity index (χ3n) is 2.66.